The lowest BCUT2D eigenvalue weighted by atomic mass is 10.2. The van der Waals surface area contributed by atoms with Crippen LogP contribution in [0, 0.1) is 15.9 Å². The van der Waals surface area contributed by atoms with Gasteiger partial charge in [-0.1, -0.05) is 13.0 Å². The molecule has 0 spiro atoms. The van der Waals surface area contributed by atoms with Crippen molar-refractivity contribution >= 4 is 15.7 Å². The zero-order valence-corrected chi connectivity index (χ0v) is 14.5. The highest BCUT2D eigenvalue weighted by Gasteiger charge is 2.24. The van der Waals surface area contributed by atoms with Crippen molar-refractivity contribution in [3.63, 3.8) is 0 Å². The molecule has 0 aliphatic heterocycles. The third kappa shape index (κ3) is 4.12. The van der Waals surface area contributed by atoms with Gasteiger partial charge in [-0.2, -0.15) is 4.31 Å². The summed E-state index contributed by atoms with van der Waals surface area (Å²) in [6.45, 7) is 1.78. The molecule has 0 amide bonds. The minimum absolute atomic E-state index is 0.0310. The van der Waals surface area contributed by atoms with Crippen molar-refractivity contribution in [3.8, 4) is 5.75 Å². The van der Waals surface area contributed by atoms with Gasteiger partial charge in [-0.15, -0.1) is 0 Å². The molecule has 0 aromatic heterocycles. The first-order valence-corrected chi connectivity index (χ1v) is 8.80. The summed E-state index contributed by atoms with van der Waals surface area (Å²) in [6, 6.07) is 8.86. The van der Waals surface area contributed by atoms with E-state index in [4.69, 9.17) is 4.74 Å². The average molecular weight is 368 g/mol. The molecule has 134 valence electrons. The first-order valence-electron chi connectivity index (χ1n) is 7.36. The van der Waals surface area contributed by atoms with Crippen molar-refractivity contribution < 1.29 is 22.5 Å². The average Bonchev–Trinajstić information content (AvgIpc) is 2.59. The predicted octanol–water partition coefficient (Wildman–Crippen LogP) is 2.95. The molecule has 0 saturated carbocycles. The highest BCUT2D eigenvalue weighted by molar-refractivity contribution is 7.89. The van der Waals surface area contributed by atoms with Gasteiger partial charge in [-0.05, 0) is 29.8 Å². The Labute approximate surface area is 144 Å². The van der Waals surface area contributed by atoms with E-state index in [0.29, 0.717) is 5.56 Å². The van der Waals surface area contributed by atoms with Gasteiger partial charge in [0.05, 0.1) is 16.9 Å². The van der Waals surface area contributed by atoms with Crippen LogP contribution in [0.15, 0.2) is 47.4 Å². The number of nitro groups is 1. The van der Waals surface area contributed by atoms with Gasteiger partial charge in [0, 0.05) is 25.2 Å². The van der Waals surface area contributed by atoms with Crippen molar-refractivity contribution in [2.24, 2.45) is 0 Å². The van der Waals surface area contributed by atoms with E-state index in [2.05, 4.69) is 0 Å². The van der Waals surface area contributed by atoms with Crippen molar-refractivity contribution in [1.29, 1.82) is 0 Å². The zero-order valence-electron chi connectivity index (χ0n) is 13.7. The van der Waals surface area contributed by atoms with Gasteiger partial charge in [0.15, 0.2) is 11.6 Å². The maximum Gasteiger partial charge on any atom is 0.269 e. The smallest absolute Gasteiger partial charge is 0.269 e. The van der Waals surface area contributed by atoms with Gasteiger partial charge in [0.1, 0.15) is 0 Å². The number of nitro benzene ring substituents is 1. The Balaban J connectivity index is 2.29. The van der Waals surface area contributed by atoms with Gasteiger partial charge >= 0.3 is 0 Å². The van der Waals surface area contributed by atoms with Gasteiger partial charge in [-0.25, -0.2) is 12.8 Å². The lowest BCUT2D eigenvalue weighted by Crippen LogP contribution is -2.30. The van der Waals surface area contributed by atoms with Crippen molar-refractivity contribution in [2.45, 2.75) is 18.4 Å². The van der Waals surface area contributed by atoms with Crippen LogP contribution in [-0.2, 0) is 16.6 Å². The van der Waals surface area contributed by atoms with E-state index in [1.807, 2.05) is 0 Å². The second kappa shape index (κ2) is 7.58. The highest BCUT2D eigenvalue weighted by atomic mass is 32.2. The number of sulfonamides is 1. The third-order valence-electron chi connectivity index (χ3n) is 3.61. The molecular weight excluding hydrogens is 351 g/mol. The second-order valence-corrected chi connectivity index (χ2v) is 7.09. The Morgan fingerprint density at radius 2 is 1.84 bits per heavy atom. The first-order chi connectivity index (χ1) is 11.8. The fraction of sp³-hybridized carbons (Fsp3) is 0.250. The number of rotatable bonds is 7. The van der Waals surface area contributed by atoms with Crippen LogP contribution in [-0.4, -0.2) is 31.3 Å². The van der Waals surface area contributed by atoms with E-state index in [-0.39, 0.29) is 29.4 Å². The molecule has 2 rings (SSSR count). The number of nitrogens with zero attached hydrogens (tertiary/aromatic N) is 2. The van der Waals surface area contributed by atoms with E-state index in [1.54, 1.807) is 13.0 Å². The Hall–Kier alpha value is -2.52. The van der Waals surface area contributed by atoms with E-state index in [1.165, 1.54) is 31.4 Å². The molecule has 0 unspecified atom stereocenters. The molecule has 7 nitrogen and oxygen atoms in total. The maximum atomic E-state index is 13.8. The van der Waals surface area contributed by atoms with Crippen molar-refractivity contribution in [1.82, 2.24) is 4.31 Å². The zero-order chi connectivity index (χ0) is 18.6. The number of methoxy groups -OCH3 is 1. The molecule has 2 aromatic carbocycles. The summed E-state index contributed by atoms with van der Waals surface area (Å²) < 4.78 is 45.2. The van der Waals surface area contributed by atoms with Crippen LogP contribution in [0.2, 0.25) is 0 Å². The summed E-state index contributed by atoms with van der Waals surface area (Å²) in [5.41, 5.74) is 0.268. The van der Waals surface area contributed by atoms with Gasteiger partial charge in [-0.3, -0.25) is 10.1 Å². The predicted molar refractivity (Wildman–Crippen MR) is 89.3 cm³/mol. The fourth-order valence-electron chi connectivity index (χ4n) is 2.27. The summed E-state index contributed by atoms with van der Waals surface area (Å²) in [7, 11) is -2.52. The van der Waals surface area contributed by atoms with Crippen LogP contribution >= 0.6 is 0 Å². The lowest BCUT2D eigenvalue weighted by molar-refractivity contribution is -0.384. The second-order valence-electron chi connectivity index (χ2n) is 5.15. The van der Waals surface area contributed by atoms with Gasteiger partial charge in [0.2, 0.25) is 10.0 Å². The van der Waals surface area contributed by atoms with Crippen LogP contribution in [0.25, 0.3) is 0 Å². The Kier molecular flexibility index (Phi) is 5.70. The summed E-state index contributed by atoms with van der Waals surface area (Å²) in [5, 5.41) is 10.7. The van der Waals surface area contributed by atoms with E-state index >= 15 is 0 Å². The Morgan fingerprint density at radius 3 is 2.32 bits per heavy atom. The van der Waals surface area contributed by atoms with Crippen LogP contribution in [0.3, 0.4) is 0 Å². The monoisotopic (exact) mass is 368 g/mol. The summed E-state index contributed by atoms with van der Waals surface area (Å²) >= 11 is 0. The van der Waals surface area contributed by atoms with Crippen LogP contribution in [0.4, 0.5) is 10.1 Å². The molecule has 9 heteroatoms. The largest absolute Gasteiger partial charge is 0.494 e. The number of hydrogen-bond acceptors (Lipinski definition) is 5. The minimum Gasteiger partial charge on any atom is -0.494 e. The first kappa shape index (κ1) is 18.8. The maximum absolute atomic E-state index is 13.8. The lowest BCUT2D eigenvalue weighted by Gasteiger charge is -2.20. The van der Waals surface area contributed by atoms with Gasteiger partial charge < -0.3 is 4.74 Å². The number of benzene rings is 2. The van der Waals surface area contributed by atoms with Crippen molar-refractivity contribution in [2.75, 3.05) is 13.7 Å². The molecule has 0 aliphatic carbocycles. The molecule has 0 atom stereocenters. The quantitative estimate of drug-likeness (QED) is 0.554. The molecule has 25 heavy (non-hydrogen) atoms. The molecule has 0 saturated heterocycles. The highest BCUT2D eigenvalue weighted by Crippen LogP contribution is 2.23. The molecule has 0 aliphatic rings. The van der Waals surface area contributed by atoms with Crippen LogP contribution in [0.5, 0.6) is 5.75 Å². The Bertz CT molecular complexity index is 869. The number of halogens is 1. The molecule has 0 N–H and O–H groups in total. The fourth-order valence-corrected chi connectivity index (χ4v) is 3.70. The molecule has 0 heterocycles. The van der Waals surface area contributed by atoms with Crippen LogP contribution < -0.4 is 4.74 Å². The summed E-state index contributed by atoms with van der Waals surface area (Å²) in [6.07, 6.45) is 0. The molecule has 0 bridgehead atoms. The molecule has 0 radical (unpaired) electrons. The van der Waals surface area contributed by atoms with Crippen molar-refractivity contribution in [3.05, 3.63) is 64.0 Å². The minimum atomic E-state index is -3.86. The molecule has 2 aromatic rings. The Morgan fingerprint density at radius 1 is 1.20 bits per heavy atom. The standard InChI is InChI=1S/C16H17FN2O5S/c1-3-18(11-12-4-9-16(24-2)15(17)10-12)25(22,23)14-7-5-13(6-8-14)19(20)21/h4-10H,3,11H2,1-2H3. The molecular formula is C16H17FN2O5S. The topological polar surface area (TPSA) is 89.8 Å². The van der Waals surface area contributed by atoms with E-state index in [9.17, 15) is 22.9 Å². The number of ether oxygens (including phenoxy) is 1. The summed E-state index contributed by atoms with van der Waals surface area (Å²) in [4.78, 5) is 10.0. The number of non-ortho nitro benzene ring substituents is 1. The normalized spacial score (nSPS) is 11.5. The van der Waals surface area contributed by atoms with E-state index in [0.717, 1.165) is 16.4 Å². The van der Waals surface area contributed by atoms with E-state index < -0.39 is 20.8 Å². The SMILES string of the molecule is CCN(Cc1ccc(OC)c(F)c1)S(=O)(=O)c1ccc([N+](=O)[O-])cc1. The van der Waals surface area contributed by atoms with Gasteiger partial charge in [0.25, 0.3) is 5.69 Å². The third-order valence-corrected chi connectivity index (χ3v) is 5.55. The number of hydrogen-bond donors (Lipinski definition) is 0. The molecule has 0 fully saturated rings. The van der Waals surface area contributed by atoms with Crippen LogP contribution in [0.1, 0.15) is 12.5 Å². The summed E-state index contributed by atoms with van der Waals surface area (Å²) in [5.74, 6) is -0.506.